The van der Waals surface area contributed by atoms with Gasteiger partial charge in [0.05, 0.1) is 0 Å². The van der Waals surface area contributed by atoms with E-state index in [1.54, 1.807) is 0 Å². The van der Waals surface area contributed by atoms with Gasteiger partial charge in [-0.3, -0.25) is 9.20 Å². The number of hydrogen-bond acceptors (Lipinski definition) is 2. The van der Waals surface area contributed by atoms with Gasteiger partial charge in [-0.25, -0.2) is 0 Å². The summed E-state index contributed by atoms with van der Waals surface area (Å²) in [7, 11) is 1.13. The smallest absolute Gasteiger partial charge is 0.191 e. The molecule has 2 N–H and O–H groups in total. The van der Waals surface area contributed by atoms with Crippen molar-refractivity contribution in [3.05, 3.63) is 34.4 Å². The van der Waals surface area contributed by atoms with E-state index >= 15 is 0 Å². The fourth-order valence-corrected chi connectivity index (χ4v) is 5.40. The zero-order valence-corrected chi connectivity index (χ0v) is 17.8. The molecule has 0 spiro atoms. The van der Waals surface area contributed by atoms with Crippen molar-refractivity contribution in [2.24, 2.45) is 4.99 Å². The van der Waals surface area contributed by atoms with E-state index in [1.165, 1.54) is 22.3 Å². The molecule has 0 saturated heterocycles. The largest absolute Gasteiger partial charge is 0.356 e. The molecule has 0 aromatic heterocycles. The Labute approximate surface area is 161 Å². The summed E-state index contributed by atoms with van der Waals surface area (Å²) in [6, 6.07) is 4.88. The normalized spacial score (nSPS) is 22.1. The lowest BCUT2D eigenvalue weighted by Crippen LogP contribution is -2.47. The van der Waals surface area contributed by atoms with E-state index in [9.17, 15) is 4.21 Å². The van der Waals surface area contributed by atoms with Crippen molar-refractivity contribution >= 4 is 16.8 Å². The molecule has 1 aromatic rings. The summed E-state index contributed by atoms with van der Waals surface area (Å²) >= 11 is 0. The van der Waals surface area contributed by atoms with Crippen LogP contribution in [0.4, 0.5) is 0 Å². The second-order valence-corrected chi connectivity index (χ2v) is 9.43. The molecule has 0 heterocycles. The molecule has 0 amide bonds. The Morgan fingerprint density at radius 3 is 2.54 bits per heavy atom. The molecule has 0 aliphatic heterocycles. The molecule has 1 fully saturated rings. The van der Waals surface area contributed by atoms with Crippen LogP contribution in [0.15, 0.2) is 17.1 Å². The molecular weight excluding hydrogens is 342 g/mol. The van der Waals surface area contributed by atoms with Crippen LogP contribution in [0.25, 0.3) is 0 Å². The van der Waals surface area contributed by atoms with Gasteiger partial charge < -0.3 is 10.6 Å². The van der Waals surface area contributed by atoms with E-state index < -0.39 is 10.8 Å². The first-order chi connectivity index (χ1) is 12.4. The van der Waals surface area contributed by atoms with Gasteiger partial charge in [-0.15, -0.1) is 0 Å². The minimum Gasteiger partial charge on any atom is -0.356 e. The average Bonchev–Trinajstić information content (AvgIpc) is 2.62. The van der Waals surface area contributed by atoms with Gasteiger partial charge in [-0.05, 0) is 63.1 Å². The number of nitrogens with one attached hydrogen (secondary N) is 2. The van der Waals surface area contributed by atoms with Gasteiger partial charge in [0.2, 0.25) is 0 Å². The lowest BCUT2D eigenvalue weighted by atomic mass is 9.95. The molecule has 4 nitrogen and oxygen atoms in total. The Morgan fingerprint density at radius 1 is 1.23 bits per heavy atom. The van der Waals surface area contributed by atoms with Crippen molar-refractivity contribution < 1.29 is 4.21 Å². The first-order valence-electron chi connectivity index (χ1n) is 9.85. The van der Waals surface area contributed by atoms with E-state index in [1.807, 2.05) is 14.0 Å². The van der Waals surface area contributed by atoms with Crippen LogP contribution < -0.4 is 10.6 Å². The molecule has 26 heavy (non-hydrogen) atoms. The molecule has 1 saturated carbocycles. The minimum absolute atomic E-state index is 0.335. The fraction of sp³-hybridized carbons (Fsp3) is 0.667. The first kappa shape index (κ1) is 20.9. The summed E-state index contributed by atoms with van der Waals surface area (Å²) < 4.78 is 12.1. The predicted octanol–water partition coefficient (Wildman–Crippen LogP) is 3.40. The second kappa shape index (κ2) is 10.1. The monoisotopic (exact) mass is 377 g/mol. The summed E-state index contributed by atoms with van der Waals surface area (Å²) in [5.41, 5.74) is 5.48. The molecule has 1 aliphatic rings. The zero-order valence-electron chi connectivity index (χ0n) is 17.0. The Kier molecular flexibility index (Phi) is 8.14. The first-order valence-corrected chi connectivity index (χ1v) is 11.2. The number of rotatable bonds is 6. The highest BCUT2D eigenvalue weighted by atomic mass is 32.2. The molecule has 2 rings (SSSR count). The number of nitrogens with zero attached hydrogens (tertiary/aromatic N) is 1. The van der Waals surface area contributed by atoms with Gasteiger partial charge in [0.1, 0.15) is 0 Å². The highest BCUT2D eigenvalue weighted by Crippen LogP contribution is 2.23. The summed E-state index contributed by atoms with van der Waals surface area (Å²) in [6.45, 7) is 9.41. The third kappa shape index (κ3) is 5.83. The van der Waals surface area contributed by atoms with E-state index in [-0.39, 0.29) is 0 Å². The van der Waals surface area contributed by atoms with Gasteiger partial charge in [0.15, 0.2) is 5.96 Å². The molecule has 3 unspecified atom stereocenters. The third-order valence-corrected chi connectivity index (χ3v) is 7.10. The van der Waals surface area contributed by atoms with Crippen LogP contribution in [0.2, 0.25) is 0 Å². The topological polar surface area (TPSA) is 53.5 Å². The van der Waals surface area contributed by atoms with E-state index in [2.05, 4.69) is 48.5 Å². The summed E-state index contributed by atoms with van der Waals surface area (Å²) in [5, 5.41) is 7.33. The van der Waals surface area contributed by atoms with Gasteiger partial charge >= 0.3 is 0 Å². The molecule has 146 valence electrons. The summed E-state index contributed by atoms with van der Waals surface area (Å²) in [5.74, 6) is 1.62. The van der Waals surface area contributed by atoms with Crippen LogP contribution in [-0.4, -0.2) is 40.8 Å². The maximum absolute atomic E-state index is 12.1. The molecule has 1 aromatic carbocycles. The van der Waals surface area contributed by atoms with Crippen LogP contribution in [0.3, 0.4) is 0 Å². The Balaban J connectivity index is 1.86. The maximum Gasteiger partial charge on any atom is 0.191 e. The number of aryl methyl sites for hydroxylation is 3. The van der Waals surface area contributed by atoms with E-state index in [4.69, 9.17) is 0 Å². The van der Waals surface area contributed by atoms with Crippen LogP contribution in [0, 0.1) is 20.8 Å². The highest BCUT2D eigenvalue weighted by Gasteiger charge is 2.25. The molecule has 0 radical (unpaired) electrons. The Morgan fingerprint density at radius 2 is 1.92 bits per heavy atom. The van der Waals surface area contributed by atoms with Crippen molar-refractivity contribution in [3.8, 4) is 0 Å². The highest BCUT2D eigenvalue weighted by molar-refractivity contribution is 7.85. The predicted molar refractivity (Wildman–Crippen MR) is 114 cm³/mol. The summed E-state index contributed by atoms with van der Waals surface area (Å²) in [6.07, 6.45) is 5.35. The average molecular weight is 378 g/mol. The van der Waals surface area contributed by atoms with Crippen LogP contribution in [0.1, 0.15) is 54.9 Å². The number of guanidine groups is 1. The van der Waals surface area contributed by atoms with E-state index in [0.717, 1.165) is 50.4 Å². The van der Waals surface area contributed by atoms with E-state index in [0.29, 0.717) is 11.3 Å². The molecule has 0 bridgehead atoms. The SMILES string of the molecule is CCS(=O)C1CCCC(NC(=NC)NCCc2c(C)cc(C)cc2C)C1. The fourth-order valence-electron chi connectivity index (χ4n) is 4.05. The standard InChI is InChI=1S/C21H35N3OS/c1-6-26(25)19-9-7-8-18(14-19)24-21(22-5)23-11-10-20-16(3)12-15(2)13-17(20)4/h12-13,18-19H,6-11,14H2,1-5H3,(H2,22,23,24). The third-order valence-electron chi connectivity index (χ3n) is 5.35. The number of aliphatic imine (C=N–C) groups is 1. The van der Waals surface area contributed by atoms with Gasteiger partial charge in [0.25, 0.3) is 0 Å². The van der Waals surface area contributed by atoms with Crippen LogP contribution >= 0.6 is 0 Å². The van der Waals surface area contributed by atoms with Gasteiger partial charge in [0, 0.05) is 41.4 Å². The van der Waals surface area contributed by atoms with Crippen molar-refractivity contribution in [1.29, 1.82) is 0 Å². The van der Waals surface area contributed by atoms with Gasteiger partial charge in [-0.2, -0.15) is 0 Å². The van der Waals surface area contributed by atoms with Crippen LogP contribution in [0.5, 0.6) is 0 Å². The Bertz CT molecular complexity index is 634. The van der Waals surface area contributed by atoms with Crippen LogP contribution in [-0.2, 0) is 17.2 Å². The van der Waals surface area contributed by atoms with Crippen molar-refractivity contribution in [2.45, 2.75) is 71.1 Å². The lowest BCUT2D eigenvalue weighted by Gasteiger charge is -2.30. The van der Waals surface area contributed by atoms with Crippen molar-refractivity contribution in [2.75, 3.05) is 19.3 Å². The van der Waals surface area contributed by atoms with Crippen molar-refractivity contribution in [3.63, 3.8) is 0 Å². The zero-order chi connectivity index (χ0) is 19.1. The molecule has 1 aliphatic carbocycles. The molecular formula is C21H35N3OS. The molecule has 3 atom stereocenters. The van der Waals surface area contributed by atoms with Gasteiger partial charge in [-0.1, -0.05) is 31.0 Å². The quantitative estimate of drug-likeness (QED) is 0.590. The molecule has 5 heteroatoms. The maximum atomic E-state index is 12.1. The number of benzene rings is 1. The Hall–Kier alpha value is -1.36. The van der Waals surface area contributed by atoms with Crippen molar-refractivity contribution in [1.82, 2.24) is 10.6 Å². The summed E-state index contributed by atoms with van der Waals surface area (Å²) in [4.78, 5) is 4.38. The lowest BCUT2D eigenvalue weighted by molar-refractivity contribution is 0.413. The second-order valence-electron chi connectivity index (χ2n) is 7.43. The minimum atomic E-state index is -0.689. The number of hydrogen-bond donors (Lipinski definition) is 2.